The summed E-state index contributed by atoms with van der Waals surface area (Å²) < 4.78 is 25.0. The van der Waals surface area contributed by atoms with Gasteiger partial charge in [0.2, 0.25) is 0 Å². The molecular formula is C10H9BrF2O. The van der Waals surface area contributed by atoms with E-state index in [0.29, 0.717) is 0 Å². The molecule has 1 rings (SSSR count). The summed E-state index contributed by atoms with van der Waals surface area (Å²) in [5, 5.41) is 0. The highest BCUT2D eigenvalue weighted by Gasteiger charge is 2.27. The zero-order chi connectivity index (χ0) is 10.9. The Morgan fingerprint density at radius 3 is 2.43 bits per heavy atom. The molecule has 14 heavy (non-hydrogen) atoms. The molecule has 1 aromatic rings. The maximum atomic E-state index is 13.1. The first-order chi connectivity index (χ1) is 6.32. The number of carbonyl (C=O) groups excluding carboxylic acids is 1. The normalized spacial score (nSPS) is 11.5. The van der Waals surface area contributed by atoms with Gasteiger partial charge in [0, 0.05) is 0 Å². The summed E-state index contributed by atoms with van der Waals surface area (Å²) in [6.45, 7) is 3.17. The van der Waals surface area contributed by atoms with E-state index in [4.69, 9.17) is 0 Å². The minimum absolute atomic E-state index is 0.230. The van der Waals surface area contributed by atoms with Crippen molar-refractivity contribution in [2.24, 2.45) is 0 Å². The fraction of sp³-hybridized carbons (Fsp3) is 0.300. The van der Waals surface area contributed by atoms with E-state index in [9.17, 15) is 13.6 Å². The Morgan fingerprint density at radius 1 is 1.36 bits per heavy atom. The van der Waals surface area contributed by atoms with E-state index in [0.717, 1.165) is 18.2 Å². The molecule has 0 aliphatic heterocycles. The third kappa shape index (κ3) is 2.38. The standard InChI is InChI=1S/C10H9BrF2O/c1-10(2,11)9(14)7-5-6(12)3-4-8(7)13/h3-5H,1-2H3. The van der Waals surface area contributed by atoms with Crippen molar-refractivity contribution in [3.63, 3.8) is 0 Å². The molecule has 0 radical (unpaired) electrons. The number of halogens is 3. The largest absolute Gasteiger partial charge is 0.293 e. The molecule has 0 atom stereocenters. The number of hydrogen-bond acceptors (Lipinski definition) is 1. The number of benzene rings is 1. The van der Waals surface area contributed by atoms with E-state index in [-0.39, 0.29) is 5.56 Å². The van der Waals surface area contributed by atoms with Gasteiger partial charge in [-0.25, -0.2) is 8.78 Å². The van der Waals surface area contributed by atoms with Crippen LogP contribution in [0.4, 0.5) is 8.78 Å². The summed E-state index contributed by atoms with van der Waals surface area (Å²) in [6.07, 6.45) is 0. The van der Waals surface area contributed by atoms with Crippen molar-refractivity contribution in [2.45, 2.75) is 18.2 Å². The quantitative estimate of drug-likeness (QED) is 0.591. The van der Waals surface area contributed by atoms with Crippen LogP contribution in [0.5, 0.6) is 0 Å². The van der Waals surface area contributed by atoms with Crippen LogP contribution in [0.2, 0.25) is 0 Å². The summed E-state index contributed by atoms with van der Waals surface area (Å²) in [4.78, 5) is 11.6. The lowest BCUT2D eigenvalue weighted by Crippen LogP contribution is -2.25. The molecule has 0 amide bonds. The van der Waals surface area contributed by atoms with E-state index >= 15 is 0 Å². The molecule has 0 spiro atoms. The highest BCUT2D eigenvalue weighted by Crippen LogP contribution is 2.24. The van der Waals surface area contributed by atoms with E-state index in [1.807, 2.05) is 0 Å². The summed E-state index contributed by atoms with van der Waals surface area (Å²) >= 11 is 3.10. The lowest BCUT2D eigenvalue weighted by atomic mass is 10.0. The van der Waals surface area contributed by atoms with Crippen LogP contribution in [0.15, 0.2) is 18.2 Å². The van der Waals surface area contributed by atoms with Gasteiger partial charge in [0.05, 0.1) is 9.89 Å². The van der Waals surface area contributed by atoms with Crippen molar-refractivity contribution in [3.05, 3.63) is 35.4 Å². The molecule has 0 bridgehead atoms. The van der Waals surface area contributed by atoms with Crippen molar-refractivity contribution in [2.75, 3.05) is 0 Å². The van der Waals surface area contributed by atoms with Crippen molar-refractivity contribution in [1.29, 1.82) is 0 Å². The van der Waals surface area contributed by atoms with Gasteiger partial charge in [-0.1, -0.05) is 15.9 Å². The minimum Gasteiger partial charge on any atom is -0.293 e. The maximum Gasteiger partial charge on any atom is 0.182 e. The Kier molecular flexibility index (Phi) is 3.04. The fourth-order valence-electron chi connectivity index (χ4n) is 0.992. The third-order valence-electron chi connectivity index (χ3n) is 1.71. The van der Waals surface area contributed by atoms with Gasteiger partial charge in [-0.15, -0.1) is 0 Å². The predicted octanol–water partition coefficient (Wildman–Crippen LogP) is 3.32. The molecule has 0 N–H and O–H groups in total. The molecule has 0 saturated heterocycles. The molecule has 0 unspecified atom stereocenters. The first-order valence-corrected chi connectivity index (χ1v) is 4.80. The smallest absolute Gasteiger partial charge is 0.182 e. The highest BCUT2D eigenvalue weighted by molar-refractivity contribution is 9.10. The number of rotatable bonds is 2. The summed E-state index contributed by atoms with van der Waals surface area (Å²) in [7, 11) is 0. The molecule has 1 nitrogen and oxygen atoms in total. The van der Waals surface area contributed by atoms with E-state index < -0.39 is 21.7 Å². The number of carbonyl (C=O) groups is 1. The molecule has 4 heteroatoms. The minimum atomic E-state index is -0.887. The number of ketones is 1. The van der Waals surface area contributed by atoms with Crippen LogP contribution < -0.4 is 0 Å². The molecule has 0 aromatic heterocycles. The van der Waals surface area contributed by atoms with Gasteiger partial charge in [0.1, 0.15) is 11.6 Å². The second-order valence-electron chi connectivity index (χ2n) is 3.43. The number of hydrogen-bond donors (Lipinski definition) is 0. The highest BCUT2D eigenvalue weighted by atomic mass is 79.9. The molecule has 1 aromatic carbocycles. The molecule has 0 aliphatic carbocycles. The van der Waals surface area contributed by atoms with Gasteiger partial charge < -0.3 is 0 Å². The average molecular weight is 263 g/mol. The number of Topliss-reactive ketones (excluding diaryl/α,β-unsaturated/α-hetero) is 1. The first kappa shape index (κ1) is 11.3. The van der Waals surface area contributed by atoms with Crippen molar-refractivity contribution in [3.8, 4) is 0 Å². The Morgan fingerprint density at radius 2 is 1.93 bits per heavy atom. The number of alkyl halides is 1. The van der Waals surface area contributed by atoms with Crippen LogP contribution in [0.1, 0.15) is 24.2 Å². The second-order valence-corrected chi connectivity index (χ2v) is 5.41. The molecular weight excluding hydrogens is 254 g/mol. The van der Waals surface area contributed by atoms with E-state index in [1.54, 1.807) is 13.8 Å². The molecule has 0 heterocycles. The van der Waals surface area contributed by atoms with Crippen LogP contribution in [0.3, 0.4) is 0 Å². The van der Waals surface area contributed by atoms with Crippen LogP contribution >= 0.6 is 15.9 Å². The van der Waals surface area contributed by atoms with Gasteiger partial charge in [-0.3, -0.25) is 4.79 Å². The SMILES string of the molecule is CC(C)(Br)C(=O)c1cc(F)ccc1F. The van der Waals surface area contributed by atoms with Gasteiger partial charge in [0.15, 0.2) is 5.78 Å². The Labute approximate surface area is 89.3 Å². The summed E-state index contributed by atoms with van der Waals surface area (Å²) in [5.74, 6) is -1.80. The molecule has 0 fully saturated rings. The Hall–Kier alpha value is -0.770. The molecule has 76 valence electrons. The van der Waals surface area contributed by atoms with Gasteiger partial charge in [-0.05, 0) is 32.0 Å². The topological polar surface area (TPSA) is 17.1 Å². The third-order valence-corrected chi connectivity index (χ3v) is 2.07. The van der Waals surface area contributed by atoms with Crippen LogP contribution in [0, 0.1) is 11.6 Å². The predicted molar refractivity (Wildman–Crippen MR) is 53.7 cm³/mol. The molecule has 0 saturated carbocycles. The van der Waals surface area contributed by atoms with Gasteiger partial charge in [0.25, 0.3) is 0 Å². The first-order valence-electron chi connectivity index (χ1n) is 4.01. The lowest BCUT2D eigenvalue weighted by Gasteiger charge is -2.14. The monoisotopic (exact) mass is 262 g/mol. The molecule has 0 aliphatic rings. The van der Waals surface area contributed by atoms with Crippen molar-refractivity contribution in [1.82, 2.24) is 0 Å². The van der Waals surface area contributed by atoms with Crippen molar-refractivity contribution < 1.29 is 13.6 Å². The van der Waals surface area contributed by atoms with Crippen molar-refractivity contribution >= 4 is 21.7 Å². The van der Waals surface area contributed by atoms with Gasteiger partial charge >= 0.3 is 0 Å². The summed E-state index contributed by atoms with van der Waals surface area (Å²) in [5.41, 5.74) is -0.230. The second kappa shape index (κ2) is 3.77. The Bertz CT molecular complexity index is 369. The van der Waals surface area contributed by atoms with E-state index in [2.05, 4.69) is 15.9 Å². The average Bonchev–Trinajstić information content (AvgIpc) is 2.06. The zero-order valence-corrected chi connectivity index (χ0v) is 9.36. The van der Waals surface area contributed by atoms with Crippen LogP contribution in [0.25, 0.3) is 0 Å². The zero-order valence-electron chi connectivity index (χ0n) is 7.77. The fourth-order valence-corrected chi connectivity index (χ4v) is 1.21. The Balaban J connectivity index is 3.19. The maximum absolute atomic E-state index is 13.1. The van der Waals surface area contributed by atoms with E-state index in [1.165, 1.54) is 0 Å². The lowest BCUT2D eigenvalue weighted by molar-refractivity contribution is 0.0956. The summed E-state index contributed by atoms with van der Waals surface area (Å²) in [6, 6.07) is 2.83. The van der Waals surface area contributed by atoms with Gasteiger partial charge in [-0.2, -0.15) is 0 Å². The van der Waals surface area contributed by atoms with Crippen LogP contribution in [-0.2, 0) is 0 Å². The van der Waals surface area contributed by atoms with Crippen LogP contribution in [-0.4, -0.2) is 10.1 Å².